The second-order valence-corrected chi connectivity index (χ2v) is 6.26. The highest BCUT2D eigenvalue weighted by Crippen LogP contribution is 2.26. The van der Waals surface area contributed by atoms with Crippen LogP contribution in [0.2, 0.25) is 0 Å². The molecule has 0 aromatic heterocycles. The number of hydrogen-bond donors (Lipinski definition) is 1. The van der Waals surface area contributed by atoms with E-state index in [4.69, 9.17) is 9.47 Å². The Labute approximate surface area is 156 Å². The van der Waals surface area contributed by atoms with Crippen molar-refractivity contribution >= 4 is 41.4 Å². The number of cyclic esters (lactones) is 2. The van der Waals surface area contributed by atoms with Gasteiger partial charge in [0.2, 0.25) is 0 Å². The van der Waals surface area contributed by atoms with Gasteiger partial charge < -0.3 is 14.4 Å². The molecule has 26 heavy (non-hydrogen) atoms. The summed E-state index contributed by atoms with van der Waals surface area (Å²) < 4.78 is 10.3. The van der Waals surface area contributed by atoms with Crippen LogP contribution in [0.4, 0.5) is 25.8 Å². The van der Waals surface area contributed by atoms with Crippen molar-refractivity contribution in [1.82, 2.24) is 4.90 Å². The van der Waals surface area contributed by atoms with E-state index in [0.717, 1.165) is 0 Å². The molecule has 0 N–H and O–H groups in total. The van der Waals surface area contributed by atoms with Crippen LogP contribution in [-0.4, -0.2) is 61.2 Å². The van der Waals surface area contributed by atoms with Gasteiger partial charge in [0.05, 0.1) is 19.6 Å². The molecule has 2 fully saturated rings. The summed E-state index contributed by atoms with van der Waals surface area (Å²) in [6.07, 6.45) is 0.280. The fraction of sp³-hybridized carbons (Fsp3) is 0.353. The summed E-state index contributed by atoms with van der Waals surface area (Å²) in [5.74, 6) is 0. The van der Waals surface area contributed by atoms with Gasteiger partial charge in [0, 0.05) is 17.9 Å². The molecule has 2 heterocycles. The normalized spacial score (nSPS) is 19.3. The first-order valence-corrected chi connectivity index (χ1v) is 8.55. The predicted octanol–water partition coefficient (Wildman–Crippen LogP) is 2.51. The predicted molar refractivity (Wildman–Crippen MR) is 98.9 cm³/mol. The highest BCUT2D eigenvalue weighted by Gasteiger charge is 2.34. The first-order valence-electron chi connectivity index (χ1n) is 8.11. The van der Waals surface area contributed by atoms with Crippen molar-refractivity contribution in [3.63, 3.8) is 0 Å². The fourth-order valence-electron chi connectivity index (χ4n) is 2.90. The molecule has 0 spiro atoms. The molecule has 2 aliphatic heterocycles. The number of amides is 3. The SMILES string of the molecule is C=CCN(C[C@@H]1CN(c2ccc(N3CCOC3=O)cc2)C(=O)O1)C(=O)S. The molecular weight excluding hydrogens is 358 g/mol. The number of carbonyl (C=O) groups excluding carboxylic acids is 3. The number of hydrogen-bond acceptors (Lipinski definition) is 5. The Morgan fingerprint density at radius 2 is 1.88 bits per heavy atom. The zero-order valence-electron chi connectivity index (χ0n) is 14.0. The van der Waals surface area contributed by atoms with Gasteiger partial charge >= 0.3 is 12.2 Å². The minimum absolute atomic E-state index is 0.244. The molecule has 138 valence electrons. The lowest BCUT2D eigenvalue weighted by molar-refractivity contribution is 0.122. The van der Waals surface area contributed by atoms with Gasteiger partial charge in [-0.2, -0.15) is 0 Å². The average Bonchev–Trinajstić information content (AvgIpc) is 3.20. The molecule has 0 unspecified atom stereocenters. The van der Waals surface area contributed by atoms with E-state index in [1.807, 2.05) is 0 Å². The van der Waals surface area contributed by atoms with E-state index in [-0.39, 0.29) is 12.6 Å². The van der Waals surface area contributed by atoms with E-state index in [0.29, 0.717) is 37.6 Å². The molecule has 0 radical (unpaired) electrons. The minimum atomic E-state index is -0.478. The largest absolute Gasteiger partial charge is 0.447 e. The van der Waals surface area contributed by atoms with Crippen molar-refractivity contribution in [3.8, 4) is 0 Å². The Morgan fingerprint density at radius 1 is 1.23 bits per heavy atom. The minimum Gasteiger partial charge on any atom is -0.447 e. The Bertz CT molecular complexity index is 724. The van der Waals surface area contributed by atoms with Crippen molar-refractivity contribution in [2.24, 2.45) is 0 Å². The Balaban J connectivity index is 1.66. The van der Waals surface area contributed by atoms with Gasteiger partial charge in [0.15, 0.2) is 0 Å². The van der Waals surface area contributed by atoms with Crippen molar-refractivity contribution in [3.05, 3.63) is 36.9 Å². The molecule has 3 rings (SSSR count). The first-order chi connectivity index (χ1) is 12.5. The molecule has 0 aliphatic carbocycles. The molecule has 0 bridgehead atoms. The van der Waals surface area contributed by atoms with Gasteiger partial charge in [0.1, 0.15) is 12.7 Å². The van der Waals surface area contributed by atoms with Gasteiger partial charge in [-0.05, 0) is 24.3 Å². The zero-order chi connectivity index (χ0) is 18.7. The summed E-state index contributed by atoms with van der Waals surface area (Å²) in [5, 5.41) is -0.402. The maximum absolute atomic E-state index is 12.2. The number of benzene rings is 1. The van der Waals surface area contributed by atoms with E-state index in [1.54, 1.807) is 30.3 Å². The number of nitrogens with zero attached hydrogens (tertiary/aromatic N) is 3. The number of ether oxygens (including phenoxy) is 2. The van der Waals surface area contributed by atoms with E-state index in [2.05, 4.69) is 19.2 Å². The topological polar surface area (TPSA) is 79.4 Å². The molecule has 1 atom stereocenters. The zero-order valence-corrected chi connectivity index (χ0v) is 14.9. The molecule has 9 heteroatoms. The van der Waals surface area contributed by atoms with Crippen LogP contribution < -0.4 is 9.80 Å². The van der Waals surface area contributed by atoms with Gasteiger partial charge in [0.25, 0.3) is 5.24 Å². The summed E-state index contributed by atoms with van der Waals surface area (Å²) in [4.78, 5) is 39.7. The second kappa shape index (κ2) is 7.69. The third-order valence-electron chi connectivity index (χ3n) is 4.15. The Kier molecular flexibility index (Phi) is 5.36. The lowest BCUT2D eigenvalue weighted by Crippen LogP contribution is -2.36. The lowest BCUT2D eigenvalue weighted by Gasteiger charge is -2.21. The standard InChI is InChI=1S/C17H19N3O5S/c1-2-7-18(17(23)26)10-14-11-20(16(22)25-14)13-5-3-12(4-6-13)19-8-9-24-15(19)21/h2-6,14H,1,7-11H2,(H,23,26)/t14-/m1/s1. The van der Waals surface area contributed by atoms with Crippen LogP contribution in [0.5, 0.6) is 0 Å². The van der Waals surface area contributed by atoms with E-state index < -0.39 is 17.4 Å². The van der Waals surface area contributed by atoms with Crippen LogP contribution in [0.15, 0.2) is 36.9 Å². The van der Waals surface area contributed by atoms with Gasteiger partial charge in [-0.25, -0.2) is 9.59 Å². The number of anilines is 2. The van der Waals surface area contributed by atoms with Crippen LogP contribution in [0.3, 0.4) is 0 Å². The smallest absolute Gasteiger partial charge is 0.414 e. The Morgan fingerprint density at radius 3 is 2.42 bits per heavy atom. The van der Waals surface area contributed by atoms with Gasteiger partial charge in [-0.15, -0.1) is 6.58 Å². The summed E-state index contributed by atoms with van der Waals surface area (Å²) in [5.41, 5.74) is 1.36. The molecule has 0 saturated carbocycles. The number of carbonyl (C=O) groups is 3. The van der Waals surface area contributed by atoms with E-state index in [1.165, 1.54) is 14.7 Å². The van der Waals surface area contributed by atoms with Crippen LogP contribution in [0.1, 0.15) is 0 Å². The lowest BCUT2D eigenvalue weighted by atomic mass is 10.2. The van der Waals surface area contributed by atoms with E-state index in [9.17, 15) is 14.4 Å². The quantitative estimate of drug-likeness (QED) is 0.609. The maximum Gasteiger partial charge on any atom is 0.414 e. The average molecular weight is 377 g/mol. The third-order valence-corrected chi connectivity index (χ3v) is 4.43. The van der Waals surface area contributed by atoms with Crippen molar-refractivity contribution in [2.45, 2.75) is 6.10 Å². The molecule has 2 saturated heterocycles. The summed E-state index contributed by atoms with van der Waals surface area (Å²) >= 11 is 3.82. The highest BCUT2D eigenvalue weighted by atomic mass is 32.1. The molecule has 1 aromatic rings. The molecular formula is C17H19N3O5S. The number of thiol groups is 1. The van der Waals surface area contributed by atoms with E-state index >= 15 is 0 Å². The van der Waals surface area contributed by atoms with Crippen LogP contribution >= 0.6 is 12.6 Å². The monoisotopic (exact) mass is 377 g/mol. The molecule has 8 nitrogen and oxygen atoms in total. The number of rotatable bonds is 6. The van der Waals surface area contributed by atoms with Crippen LogP contribution in [-0.2, 0) is 9.47 Å². The summed E-state index contributed by atoms with van der Waals surface area (Å²) in [7, 11) is 0. The fourth-order valence-corrected chi connectivity index (χ4v) is 3.06. The van der Waals surface area contributed by atoms with Crippen molar-refractivity contribution in [2.75, 3.05) is 42.6 Å². The molecule has 3 amide bonds. The van der Waals surface area contributed by atoms with Crippen LogP contribution in [0, 0.1) is 0 Å². The summed E-state index contributed by atoms with van der Waals surface area (Å²) in [6.45, 7) is 5.36. The van der Waals surface area contributed by atoms with Gasteiger partial charge in [-0.1, -0.05) is 18.7 Å². The maximum atomic E-state index is 12.2. The summed E-state index contributed by atoms with van der Waals surface area (Å²) in [6, 6.07) is 7.00. The third kappa shape index (κ3) is 3.77. The van der Waals surface area contributed by atoms with Crippen LogP contribution in [0.25, 0.3) is 0 Å². The Hall–Kier alpha value is -2.68. The molecule has 2 aliphatic rings. The first kappa shape index (κ1) is 18.1. The highest BCUT2D eigenvalue weighted by molar-refractivity contribution is 7.96. The van der Waals surface area contributed by atoms with Gasteiger partial charge in [-0.3, -0.25) is 14.6 Å². The second-order valence-electron chi connectivity index (χ2n) is 5.88. The molecule has 1 aromatic carbocycles. The van der Waals surface area contributed by atoms with Crippen molar-refractivity contribution in [1.29, 1.82) is 0 Å². The van der Waals surface area contributed by atoms with Crippen molar-refractivity contribution < 1.29 is 23.9 Å².